The minimum absolute atomic E-state index is 0.404. The Labute approximate surface area is 85.1 Å². The van der Waals surface area contributed by atoms with E-state index in [9.17, 15) is 26.7 Å². The van der Waals surface area contributed by atoms with Crippen LogP contribution in [0.3, 0.4) is 0 Å². The third-order valence-electron chi connectivity index (χ3n) is 1.74. The molecule has 8 heteroatoms. The van der Waals surface area contributed by atoms with Crippen molar-refractivity contribution < 1.29 is 22.0 Å². The van der Waals surface area contributed by atoms with Crippen LogP contribution in [0.25, 0.3) is 0 Å². The zero-order chi connectivity index (χ0) is 12.5. The summed E-state index contributed by atoms with van der Waals surface area (Å²) in [7, 11) is 0. The van der Waals surface area contributed by atoms with Crippen molar-refractivity contribution in [2.45, 2.75) is 12.6 Å². The first-order valence-electron chi connectivity index (χ1n) is 3.80. The first-order chi connectivity index (χ1) is 7.29. The number of alkyl halides is 5. The quantitative estimate of drug-likeness (QED) is 0.762. The molecule has 0 atom stereocenters. The number of aromatic amines is 1. The summed E-state index contributed by atoms with van der Waals surface area (Å²) in [5.74, 6) is 0. The van der Waals surface area contributed by atoms with E-state index in [0.717, 1.165) is 6.07 Å². The smallest absolute Gasteiger partial charge is 0.352 e. The number of hydrogen-bond acceptors (Lipinski definition) is 2. The second-order valence-electron chi connectivity index (χ2n) is 2.73. The van der Waals surface area contributed by atoms with E-state index < -0.39 is 34.9 Å². The number of aromatic nitrogens is 1. The van der Waals surface area contributed by atoms with Crippen LogP contribution < -0.4 is 5.43 Å². The van der Waals surface area contributed by atoms with Crippen LogP contribution in [0.15, 0.2) is 11.0 Å². The molecule has 1 N–H and O–H groups in total. The largest absolute Gasteiger partial charge is 0.422 e. The summed E-state index contributed by atoms with van der Waals surface area (Å²) in [5.41, 5.74) is -6.17. The zero-order valence-corrected chi connectivity index (χ0v) is 7.40. The van der Waals surface area contributed by atoms with E-state index in [0.29, 0.717) is 6.20 Å². The van der Waals surface area contributed by atoms with Crippen molar-refractivity contribution in [3.05, 3.63) is 33.2 Å². The molecule has 0 bridgehead atoms. The molecular weight excluding hydrogens is 235 g/mol. The second-order valence-corrected chi connectivity index (χ2v) is 2.73. The highest BCUT2D eigenvalue weighted by atomic mass is 19.4. The first kappa shape index (κ1) is 12.2. The average molecular weight is 238 g/mol. The third-order valence-corrected chi connectivity index (χ3v) is 1.74. The van der Waals surface area contributed by atoms with Crippen molar-refractivity contribution in [3.8, 4) is 6.07 Å². The van der Waals surface area contributed by atoms with Gasteiger partial charge in [0.1, 0.15) is 17.3 Å². The lowest BCUT2D eigenvalue weighted by Gasteiger charge is -2.09. The molecule has 1 heterocycles. The lowest BCUT2D eigenvalue weighted by Crippen LogP contribution is -2.25. The standard InChI is InChI=1S/C8H3F5N2O/c9-7(10)3-2-15-4(1-14)5(6(3)16)8(11,12)13/h2,7H,(H,15,16). The fraction of sp³-hybridized carbons (Fsp3) is 0.250. The molecule has 1 aromatic rings. The van der Waals surface area contributed by atoms with E-state index >= 15 is 0 Å². The molecule has 0 spiro atoms. The van der Waals surface area contributed by atoms with Crippen LogP contribution >= 0.6 is 0 Å². The molecule has 0 aromatic carbocycles. The van der Waals surface area contributed by atoms with Gasteiger partial charge >= 0.3 is 6.18 Å². The van der Waals surface area contributed by atoms with Gasteiger partial charge in [-0.1, -0.05) is 0 Å². The maximum Gasteiger partial charge on any atom is 0.422 e. The summed E-state index contributed by atoms with van der Waals surface area (Å²) in [4.78, 5) is 12.8. The summed E-state index contributed by atoms with van der Waals surface area (Å²) >= 11 is 0. The van der Waals surface area contributed by atoms with E-state index in [1.807, 2.05) is 0 Å². The Morgan fingerprint density at radius 2 is 1.94 bits per heavy atom. The van der Waals surface area contributed by atoms with E-state index in [2.05, 4.69) is 0 Å². The number of pyridine rings is 1. The molecule has 1 aromatic heterocycles. The molecule has 1 rings (SSSR count). The van der Waals surface area contributed by atoms with Gasteiger partial charge in [0, 0.05) is 6.20 Å². The second kappa shape index (κ2) is 3.92. The van der Waals surface area contributed by atoms with Gasteiger partial charge in [-0.2, -0.15) is 18.4 Å². The molecule has 0 radical (unpaired) electrons. The first-order valence-corrected chi connectivity index (χ1v) is 3.80. The molecule has 0 aliphatic heterocycles. The van der Waals surface area contributed by atoms with Gasteiger partial charge in [-0.25, -0.2) is 8.78 Å². The molecule has 3 nitrogen and oxygen atoms in total. The topological polar surface area (TPSA) is 56.6 Å². The Kier molecular flexibility index (Phi) is 2.98. The fourth-order valence-corrected chi connectivity index (χ4v) is 1.07. The number of nitrogens with one attached hydrogen (secondary N) is 1. The van der Waals surface area contributed by atoms with Crippen LogP contribution in [-0.2, 0) is 6.18 Å². The van der Waals surface area contributed by atoms with Crippen molar-refractivity contribution in [3.63, 3.8) is 0 Å². The Morgan fingerprint density at radius 1 is 1.38 bits per heavy atom. The predicted octanol–water partition coefficient (Wildman–Crippen LogP) is 2.20. The van der Waals surface area contributed by atoms with Gasteiger partial charge in [0.15, 0.2) is 0 Å². The van der Waals surface area contributed by atoms with E-state index in [1.54, 1.807) is 4.98 Å². The third kappa shape index (κ3) is 2.03. The highest BCUT2D eigenvalue weighted by molar-refractivity contribution is 5.36. The van der Waals surface area contributed by atoms with E-state index in [-0.39, 0.29) is 0 Å². The molecule has 0 aliphatic rings. The number of hydrogen-bond donors (Lipinski definition) is 1. The lowest BCUT2D eigenvalue weighted by molar-refractivity contribution is -0.139. The molecule has 0 fully saturated rings. The molecular formula is C8H3F5N2O. The summed E-state index contributed by atoms with van der Waals surface area (Å²) in [5, 5.41) is 8.33. The van der Waals surface area contributed by atoms with Crippen LogP contribution in [0.2, 0.25) is 0 Å². The van der Waals surface area contributed by atoms with Crippen LogP contribution in [0.5, 0.6) is 0 Å². The Bertz CT molecular complexity index is 497. The van der Waals surface area contributed by atoms with Gasteiger partial charge in [-0.3, -0.25) is 4.79 Å². The summed E-state index contributed by atoms with van der Waals surface area (Å²) < 4.78 is 61.3. The number of nitrogens with zero attached hydrogens (tertiary/aromatic N) is 1. The minimum Gasteiger partial charge on any atom is -0.352 e. The van der Waals surface area contributed by atoms with Crippen LogP contribution in [0.4, 0.5) is 22.0 Å². The highest BCUT2D eigenvalue weighted by Crippen LogP contribution is 2.29. The van der Waals surface area contributed by atoms with Crippen molar-refractivity contribution in [2.24, 2.45) is 0 Å². The Hall–Kier alpha value is -1.91. The zero-order valence-electron chi connectivity index (χ0n) is 7.40. The maximum absolute atomic E-state index is 12.3. The molecule has 0 unspecified atom stereocenters. The van der Waals surface area contributed by atoms with Gasteiger partial charge in [0.2, 0.25) is 5.43 Å². The van der Waals surface area contributed by atoms with Gasteiger partial charge in [0.25, 0.3) is 6.43 Å². The molecule has 86 valence electrons. The number of halogens is 5. The summed E-state index contributed by atoms with van der Waals surface area (Å²) in [6, 6.07) is 1.09. The summed E-state index contributed by atoms with van der Waals surface area (Å²) in [6.45, 7) is 0. The maximum atomic E-state index is 12.3. The van der Waals surface area contributed by atoms with Gasteiger partial charge < -0.3 is 4.98 Å². The summed E-state index contributed by atoms with van der Waals surface area (Å²) in [6.07, 6.45) is -8.08. The SMILES string of the molecule is N#Cc1[nH]cc(C(F)F)c(=O)c1C(F)(F)F. The Balaban J connectivity index is 3.63. The van der Waals surface area contributed by atoms with Crippen molar-refractivity contribution in [1.82, 2.24) is 4.98 Å². The van der Waals surface area contributed by atoms with Gasteiger partial charge in [-0.05, 0) is 0 Å². The molecule has 0 aliphatic carbocycles. The fourth-order valence-electron chi connectivity index (χ4n) is 1.07. The number of H-pyrrole nitrogens is 1. The van der Waals surface area contributed by atoms with Crippen LogP contribution in [-0.4, -0.2) is 4.98 Å². The molecule has 16 heavy (non-hydrogen) atoms. The van der Waals surface area contributed by atoms with Crippen LogP contribution in [0.1, 0.15) is 23.2 Å². The van der Waals surface area contributed by atoms with Crippen molar-refractivity contribution in [2.75, 3.05) is 0 Å². The van der Waals surface area contributed by atoms with Crippen molar-refractivity contribution >= 4 is 0 Å². The monoisotopic (exact) mass is 238 g/mol. The number of nitriles is 1. The van der Waals surface area contributed by atoms with E-state index in [4.69, 9.17) is 5.26 Å². The highest BCUT2D eigenvalue weighted by Gasteiger charge is 2.38. The molecule has 0 saturated carbocycles. The molecule has 0 saturated heterocycles. The van der Waals surface area contributed by atoms with Gasteiger partial charge in [-0.15, -0.1) is 0 Å². The molecule has 0 amide bonds. The minimum atomic E-state index is -5.15. The number of rotatable bonds is 1. The predicted molar refractivity (Wildman–Crippen MR) is 41.7 cm³/mol. The van der Waals surface area contributed by atoms with E-state index in [1.165, 1.54) is 0 Å². The average Bonchev–Trinajstić information content (AvgIpc) is 2.14. The Morgan fingerprint density at radius 3 is 2.31 bits per heavy atom. The van der Waals surface area contributed by atoms with Gasteiger partial charge in [0.05, 0.1) is 5.56 Å². The lowest BCUT2D eigenvalue weighted by atomic mass is 10.1. The normalized spacial score (nSPS) is 11.6. The van der Waals surface area contributed by atoms with Crippen LogP contribution in [0, 0.1) is 11.3 Å². The van der Waals surface area contributed by atoms with Crippen molar-refractivity contribution in [1.29, 1.82) is 5.26 Å².